The number of halogens is 1. The van der Waals surface area contributed by atoms with E-state index in [2.05, 4.69) is 45.2 Å². The Hall–Kier alpha value is -1.42. The van der Waals surface area contributed by atoms with Gasteiger partial charge in [-0.05, 0) is 48.9 Å². The van der Waals surface area contributed by atoms with Gasteiger partial charge in [0.05, 0.1) is 5.69 Å². The number of fused-ring (bicyclic) bond motifs is 1. The molecule has 0 aliphatic heterocycles. The fourth-order valence-electron chi connectivity index (χ4n) is 2.98. The Morgan fingerprint density at radius 2 is 2.00 bits per heavy atom. The second kappa shape index (κ2) is 5.52. The molecule has 1 N–H and O–H groups in total. The van der Waals surface area contributed by atoms with Crippen LogP contribution in [0.25, 0.3) is 0 Å². The van der Waals surface area contributed by atoms with Crippen LogP contribution in [0.1, 0.15) is 48.1 Å². The highest BCUT2D eigenvalue weighted by molar-refractivity contribution is 9.10. The molecule has 4 heteroatoms. The molecule has 104 valence electrons. The van der Waals surface area contributed by atoms with E-state index in [1.807, 2.05) is 12.1 Å². The van der Waals surface area contributed by atoms with Gasteiger partial charge in [-0.1, -0.05) is 35.0 Å². The zero-order valence-electron chi connectivity index (χ0n) is 11.4. The monoisotopic (exact) mass is 332 g/mol. The molecule has 1 aromatic carbocycles. The molecule has 0 bridgehead atoms. The zero-order chi connectivity index (χ0) is 14.1. The van der Waals surface area contributed by atoms with Crippen LogP contribution in [0.4, 0.5) is 0 Å². The van der Waals surface area contributed by atoms with Crippen molar-refractivity contribution in [3.63, 3.8) is 0 Å². The second-order valence-electron chi connectivity index (χ2n) is 5.38. The lowest BCUT2D eigenvalue weighted by atomic mass is 9.86. The van der Waals surface area contributed by atoms with Crippen LogP contribution < -0.4 is 5.56 Å². The number of benzene rings is 1. The minimum atomic E-state index is -0.00936. The molecule has 0 amide bonds. The predicted molar refractivity (Wildman–Crippen MR) is 83.2 cm³/mol. The summed E-state index contributed by atoms with van der Waals surface area (Å²) < 4.78 is 1.07. The molecule has 20 heavy (non-hydrogen) atoms. The molecule has 0 saturated heterocycles. The van der Waals surface area contributed by atoms with Gasteiger partial charge in [-0.25, -0.2) is 5.10 Å². The minimum absolute atomic E-state index is 0.00936. The second-order valence-corrected chi connectivity index (χ2v) is 6.29. The smallest absolute Gasteiger partial charge is 0.267 e. The van der Waals surface area contributed by atoms with E-state index in [0.717, 1.165) is 41.4 Å². The first-order chi connectivity index (χ1) is 9.66. The van der Waals surface area contributed by atoms with Gasteiger partial charge in [-0.2, -0.15) is 5.10 Å². The van der Waals surface area contributed by atoms with Crippen molar-refractivity contribution in [1.82, 2.24) is 10.2 Å². The van der Waals surface area contributed by atoms with Crippen molar-refractivity contribution in [3.8, 4) is 0 Å². The molecule has 1 aromatic heterocycles. The summed E-state index contributed by atoms with van der Waals surface area (Å²) in [7, 11) is 0. The Morgan fingerprint density at radius 3 is 2.75 bits per heavy atom. The summed E-state index contributed by atoms with van der Waals surface area (Å²) in [6.07, 6.45) is 4.10. The van der Waals surface area contributed by atoms with Crippen LogP contribution in [0, 0.1) is 0 Å². The van der Waals surface area contributed by atoms with E-state index in [-0.39, 0.29) is 11.5 Å². The number of nitrogens with zero attached hydrogens (tertiary/aromatic N) is 1. The maximum atomic E-state index is 11.9. The number of aromatic amines is 1. The van der Waals surface area contributed by atoms with Crippen molar-refractivity contribution in [2.75, 3.05) is 0 Å². The molecule has 0 spiro atoms. The molecular weight excluding hydrogens is 316 g/mol. The van der Waals surface area contributed by atoms with Gasteiger partial charge in [-0.15, -0.1) is 0 Å². The standard InChI is InChI=1S/C16H17BrN2O/c1-10(11-5-4-6-12(17)9-11)15-13-7-2-3-8-14(13)16(20)19-18-15/h4-6,9-10H,2-3,7-8H2,1H3,(H,19,20). The third-order valence-corrected chi connectivity index (χ3v) is 4.58. The van der Waals surface area contributed by atoms with Gasteiger partial charge < -0.3 is 0 Å². The Labute approximate surface area is 126 Å². The van der Waals surface area contributed by atoms with E-state index in [4.69, 9.17) is 0 Å². The normalized spacial score (nSPS) is 15.7. The molecule has 0 radical (unpaired) electrons. The number of hydrogen-bond acceptors (Lipinski definition) is 2. The summed E-state index contributed by atoms with van der Waals surface area (Å²) >= 11 is 3.51. The van der Waals surface area contributed by atoms with Gasteiger partial charge >= 0.3 is 0 Å². The van der Waals surface area contributed by atoms with Crippen LogP contribution in [0.3, 0.4) is 0 Å². The number of nitrogens with one attached hydrogen (secondary N) is 1. The Kier molecular flexibility index (Phi) is 3.74. The van der Waals surface area contributed by atoms with Crippen molar-refractivity contribution in [1.29, 1.82) is 0 Å². The molecule has 1 atom stereocenters. The molecule has 1 heterocycles. The first kappa shape index (κ1) is 13.6. The fraction of sp³-hybridized carbons (Fsp3) is 0.375. The quantitative estimate of drug-likeness (QED) is 0.913. The summed E-state index contributed by atoms with van der Waals surface area (Å²) in [5, 5.41) is 7.02. The SMILES string of the molecule is CC(c1cccc(Br)c1)c1n[nH]c(=O)c2c1CCCC2. The van der Waals surface area contributed by atoms with E-state index in [1.165, 1.54) is 11.1 Å². The van der Waals surface area contributed by atoms with Crippen molar-refractivity contribution in [2.45, 2.75) is 38.5 Å². The number of rotatable bonds is 2. The summed E-state index contributed by atoms with van der Waals surface area (Å²) in [5.74, 6) is 0.191. The number of aromatic nitrogens is 2. The van der Waals surface area contributed by atoms with E-state index < -0.39 is 0 Å². The van der Waals surface area contributed by atoms with Crippen LogP contribution >= 0.6 is 15.9 Å². The lowest BCUT2D eigenvalue weighted by Gasteiger charge is -2.21. The molecular formula is C16H17BrN2O. The van der Waals surface area contributed by atoms with Crippen molar-refractivity contribution >= 4 is 15.9 Å². The fourth-order valence-corrected chi connectivity index (χ4v) is 3.39. The topological polar surface area (TPSA) is 45.8 Å². The Balaban J connectivity index is 2.08. The van der Waals surface area contributed by atoms with E-state index >= 15 is 0 Å². The summed E-state index contributed by atoms with van der Waals surface area (Å²) in [5.41, 5.74) is 4.35. The third kappa shape index (κ3) is 2.44. The molecule has 0 saturated carbocycles. The first-order valence-corrected chi connectivity index (χ1v) is 7.82. The molecule has 1 aliphatic carbocycles. The summed E-state index contributed by atoms with van der Waals surface area (Å²) in [6, 6.07) is 8.28. The van der Waals surface area contributed by atoms with Crippen LogP contribution in [-0.2, 0) is 12.8 Å². The molecule has 1 unspecified atom stereocenters. The van der Waals surface area contributed by atoms with Gasteiger partial charge in [0.2, 0.25) is 0 Å². The predicted octanol–water partition coefficient (Wildman–Crippen LogP) is 3.56. The zero-order valence-corrected chi connectivity index (χ0v) is 13.0. The van der Waals surface area contributed by atoms with Crippen LogP contribution in [-0.4, -0.2) is 10.2 Å². The highest BCUT2D eigenvalue weighted by Gasteiger charge is 2.22. The molecule has 3 nitrogen and oxygen atoms in total. The van der Waals surface area contributed by atoms with Crippen LogP contribution in [0.5, 0.6) is 0 Å². The van der Waals surface area contributed by atoms with Crippen molar-refractivity contribution in [2.24, 2.45) is 0 Å². The molecule has 0 fully saturated rings. The third-order valence-electron chi connectivity index (χ3n) is 4.09. The van der Waals surface area contributed by atoms with Gasteiger partial charge in [0.1, 0.15) is 0 Å². The first-order valence-electron chi connectivity index (χ1n) is 7.02. The number of hydrogen-bond donors (Lipinski definition) is 1. The van der Waals surface area contributed by atoms with E-state index in [9.17, 15) is 4.79 Å². The van der Waals surface area contributed by atoms with Crippen molar-refractivity contribution < 1.29 is 0 Å². The highest BCUT2D eigenvalue weighted by atomic mass is 79.9. The van der Waals surface area contributed by atoms with Gasteiger partial charge in [0.25, 0.3) is 5.56 Å². The lowest BCUT2D eigenvalue weighted by molar-refractivity contribution is 0.643. The largest absolute Gasteiger partial charge is 0.268 e. The van der Waals surface area contributed by atoms with Crippen molar-refractivity contribution in [3.05, 3.63) is 61.5 Å². The molecule has 1 aliphatic rings. The van der Waals surface area contributed by atoms with Gasteiger partial charge in [-0.3, -0.25) is 4.79 Å². The Morgan fingerprint density at radius 1 is 1.25 bits per heavy atom. The maximum Gasteiger partial charge on any atom is 0.267 e. The Bertz CT molecular complexity index is 693. The average Bonchev–Trinajstić information content (AvgIpc) is 2.47. The van der Waals surface area contributed by atoms with Gasteiger partial charge in [0.15, 0.2) is 0 Å². The van der Waals surface area contributed by atoms with Crippen LogP contribution in [0.2, 0.25) is 0 Å². The van der Waals surface area contributed by atoms with E-state index in [1.54, 1.807) is 0 Å². The van der Waals surface area contributed by atoms with Gasteiger partial charge in [0, 0.05) is 16.0 Å². The minimum Gasteiger partial charge on any atom is -0.268 e. The highest BCUT2D eigenvalue weighted by Crippen LogP contribution is 2.30. The summed E-state index contributed by atoms with van der Waals surface area (Å²) in [6.45, 7) is 2.15. The molecule has 3 rings (SSSR count). The van der Waals surface area contributed by atoms with E-state index in [0.29, 0.717) is 0 Å². The molecule has 2 aromatic rings. The van der Waals surface area contributed by atoms with Crippen LogP contribution in [0.15, 0.2) is 33.5 Å². The maximum absolute atomic E-state index is 11.9. The average molecular weight is 333 g/mol. The summed E-state index contributed by atoms with van der Waals surface area (Å²) in [4.78, 5) is 11.9. The number of H-pyrrole nitrogens is 1. The lowest BCUT2D eigenvalue weighted by Crippen LogP contribution is -2.24.